The molecule has 1 rings (SSSR count). The highest BCUT2D eigenvalue weighted by Gasteiger charge is 2.25. The molecule has 0 bridgehead atoms. The third-order valence-electron chi connectivity index (χ3n) is 1.81. The molecule has 0 saturated heterocycles. The van der Waals surface area contributed by atoms with Gasteiger partial charge in [0, 0.05) is 18.1 Å². The number of nitrogens with zero attached hydrogens (tertiary/aromatic N) is 2. The fourth-order valence-electron chi connectivity index (χ4n) is 1.14. The van der Waals surface area contributed by atoms with Gasteiger partial charge >= 0.3 is 12.1 Å². The molecule has 1 N–H and O–H groups in total. The molecule has 18 heavy (non-hydrogen) atoms. The van der Waals surface area contributed by atoms with Crippen LogP contribution in [0.3, 0.4) is 0 Å². The van der Waals surface area contributed by atoms with Crippen molar-refractivity contribution in [3.63, 3.8) is 0 Å². The van der Waals surface area contributed by atoms with Crippen LogP contribution in [0.15, 0.2) is 11.6 Å². The summed E-state index contributed by atoms with van der Waals surface area (Å²) in [5.74, 6) is -0.972. The van der Waals surface area contributed by atoms with Gasteiger partial charge in [-0.15, -0.1) is 11.3 Å². The minimum atomic E-state index is -0.972. The number of carboxylic acids is 1. The number of thiazole rings is 1. The highest BCUT2D eigenvalue weighted by Crippen LogP contribution is 2.20. The van der Waals surface area contributed by atoms with Crippen LogP contribution in [-0.2, 0) is 9.53 Å². The van der Waals surface area contributed by atoms with Crippen molar-refractivity contribution in [2.45, 2.75) is 32.8 Å². The quantitative estimate of drug-likeness (QED) is 0.910. The number of anilines is 1. The molecule has 0 radical (unpaired) electrons. The first-order valence-corrected chi connectivity index (χ1v) is 6.29. The second kappa shape index (κ2) is 5.81. The molecule has 1 aromatic heterocycles. The number of aromatic nitrogens is 1. The van der Waals surface area contributed by atoms with Gasteiger partial charge in [-0.2, -0.15) is 0 Å². The molecule has 0 aliphatic carbocycles. The molecule has 0 aliphatic heterocycles. The summed E-state index contributed by atoms with van der Waals surface area (Å²) < 4.78 is 5.22. The van der Waals surface area contributed by atoms with Gasteiger partial charge in [0.1, 0.15) is 5.60 Å². The Labute approximate surface area is 109 Å². The standard InChI is InChI=1S/C11H16N2O4S/c1-11(2,3)17-10(16)13(6-4-8(14)15)9-12-5-7-18-9/h5,7H,4,6H2,1-3H3,(H,14,15). The van der Waals surface area contributed by atoms with Crippen LogP contribution in [0.1, 0.15) is 27.2 Å². The van der Waals surface area contributed by atoms with Crippen molar-refractivity contribution >= 4 is 28.5 Å². The lowest BCUT2D eigenvalue weighted by molar-refractivity contribution is -0.136. The Kier molecular flexibility index (Phi) is 4.66. The lowest BCUT2D eigenvalue weighted by Gasteiger charge is -2.25. The predicted molar refractivity (Wildman–Crippen MR) is 67.9 cm³/mol. The Bertz CT molecular complexity index is 411. The smallest absolute Gasteiger partial charge is 0.416 e. The summed E-state index contributed by atoms with van der Waals surface area (Å²) in [7, 11) is 0. The summed E-state index contributed by atoms with van der Waals surface area (Å²) in [5, 5.41) is 10.8. The number of ether oxygens (including phenoxy) is 1. The minimum Gasteiger partial charge on any atom is -0.481 e. The minimum absolute atomic E-state index is 0.0394. The Morgan fingerprint density at radius 1 is 1.50 bits per heavy atom. The van der Waals surface area contributed by atoms with Crippen molar-refractivity contribution in [2.24, 2.45) is 0 Å². The number of hydrogen-bond acceptors (Lipinski definition) is 5. The molecule has 6 nitrogen and oxygen atoms in total. The van der Waals surface area contributed by atoms with E-state index < -0.39 is 17.7 Å². The first-order chi connectivity index (χ1) is 8.29. The maximum atomic E-state index is 11.9. The normalized spacial score (nSPS) is 11.1. The Balaban J connectivity index is 2.77. The van der Waals surface area contributed by atoms with Gasteiger partial charge in [-0.25, -0.2) is 9.78 Å². The number of amides is 1. The molecule has 100 valence electrons. The van der Waals surface area contributed by atoms with E-state index in [1.165, 1.54) is 16.2 Å². The summed E-state index contributed by atoms with van der Waals surface area (Å²) >= 11 is 1.26. The van der Waals surface area contributed by atoms with E-state index in [1.54, 1.807) is 32.3 Å². The number of aliphatic carboxylic acids is 1. The molecule has 1 aromatic rings. The molecule has 0 atom stereocenters. The van der Waals surface area contributed by atoms with E-state index in [2.05, 4.69) is 4.98 Å². The zero-order valence-corrected chi connectivity index (χ0v) is 11.4. The lowest BCUT2D eigenvalue weighted by atomic mass is 10.2. The third kappa shape index (κ3) is 4.70. The zero-order valence-electron chi connectivity index (χ0n) is 10.5. The van der Waals surface area contributed by atoms with E-state index in [1.807, 2.05) is 0 Å². The second-order valence-corrected chi connectivity index (χ2v) is 5.46. The molecular weight excluding hydrogens is 256 g/mol. The van der Waals surface area contributed by atoms with Crippen molar-refractivity contribution in [1.82, 2.24) is 4.98 Å². The van der Waals surface area contributed by atoms with Crippen LogP contribution in [0.25, 0.3) is 0 Å². The van der Waals surface area contributed by atoms with Gasteiger partial charge in [-0.1, -0.05) is 0 Å². The molecular formula is C11H16N2O4S. The largest absolute Gasteiger partial charge is 0.481 e. The van der Waals surface area contributed by atoms with Crippen molar-refractivity contribution < 1.29 is 19.4 Å². The first kappa shape index (κ1) is 14.4. The van der Waals surface area contributed by atoms with Gasteiger partial charge in [-0.05, 0) is 20.8 Å². The van der Waals surface area contributed by atoms with Crippen molar-refractivity contribution in [1.29, 1.82) is 0 Å². The topological polar surface area (TPSA) is 79.7 Å². The van der Waals surface area contributed by atoms with E-state index in [9.17, 15) is 9.59 Å². The summed E-state index contributed by atoms with van der Waals surface area (Å²) in [6.07, 6.45) is 0.815. The van der Waals surface area contributed by atoms with Gasteiger partial charge in [0.05, 0.1) is 6.42 Å². The molecule has 0 fully saturated rings. The number of carbonyl (C=O) groups excluding carboxylic acids is 1. The zero-order chi connectivity index (χ0) is 13.8. The average Bonchev–Trinajstić information content (AvgIpc) is 2.67. The molecule has 0 unspecified atom stereocenters. The van der Waals surface area contributed by atoms with Gasteiger partial charge < -0.3 is 9.84 Å². The van der Waals surface area contributed by atoms with E-state index >= 15 is 0 Å². The number of rotatable bonds is 4. The predicted octanol–water partition coefficient (Wildman–Crippen LogP) is 2.36. The highest BCUT2D eigenvalue weighted by molar-refractivity contribution is 7.13. The van der Waals surface area contributed by atoms with Crippen LogP contribution < -0.4 is 4.90 Å². The molecule has 0 aromatic carbocycles. The van der Waals surface area contributed by atoms with Crippen LogP contribution >= 0.6 is 11.3 Å². The third-order valence-corrected chi connectivity index (χ3v) is 2.61. The van der Waals surface area contributed by atoms with Gasteiger partial charge in [0.25, 0.3) is 0 Å². The monoisotopic (exact) mass is 272 g/mol. The molecule has 0 spiro atoms. The average molecular weight is 272 g/mol. The maximum Gasteiger partial charge on any atom is 0.416 e. The molecule has 1 amide bonds. The number of carboxylic acid groups (broad SMARTS) is 1. The summed E-state index contributed by atoms with van der Waals surface area (Å²) in [6, 6.07) is 0. The van der Waals surface area contributed by atoms with Gasteiger partial charge in [0.15, 0.2) is 5.13 Å². The Morgan fingerprint density at radius 3 is 2.61 bits per heavy atom. The SMILES string of the molecule is CC(C)(C)OC(=O)N(CCC(=O)O)c1nccs1. The summed E-state index contributed by atoms with van der Waals surface area (Å²) in [4.78, 5) is 27.8. The summed E-state index contributed by atoms with van der Waals surface area (Å²) in [6.45, 7) is 5.30. The van der Waals surface area contributed by atoms with E-state index in [4.69, 9.17) is 9.84 Å². The number of hydrogen-bond donors (Lipinski definition) is 1. The van der Waals surface area contributed by atoms with E-state index in [0.29, 0.717) is 5.13 Å². The molecule has 0 saturated carbocycles. The first-order valence-electron chi connectivity index (χ1n) is 5.41. The van der Waals surface area contributed by atoms with Gasteiger partial charge in [-0.3, -0.25) is 9.69 Å². The van der Waals surface area contributed by atoms with Gasteiger partial charge in [0.2, 0.25) is 0 Å². The Hall–Kier alpha value is -1.63. The number of carbonyl (C=O) groups is 2. The Morgan fingerprint density at radius 2 is 2.17 bits per heavy atom. The van der Waals surface area contributed by atoms with Crippen molar-refractivity contribution in [3.05, 3.63) is 11.6 Å². The highest BCUT2D eigenvalue weighted by atomic mass is 32.1. The second-order valence-electron chi connectivity index (χ2n) is 4.59. The fraction of sp³-hybridized carbons (Fsp3) is 0.545. The summed E-state index contributed by atoms with van der Waals surface area (Å²) in [5.41, 5.74) is -0.629. The maximum absolute atomic E-state index is 11.9. The van der Waals surface area contributed by atoms with Crippen LogP contribution in [0, 0.1) is 0 Å². The van der Waals surface area contributed by atoms with Crippen LogP contribution in [0.4, 0.5) is 9.93 Å². The van der Waals surface area contributed by atoms with E-state index in [0.717, 1.165) is 0 Å². The van der Waals surface area contributed by atoms with E-state index in [-0.39, 0.29) is 13.0 Å². The fourth-order valence-corrected chi connectivity index (χ4v) is 1.80. The molecule has 7 heteroatoms. The lowest BCUT2D eigenvalue weighted by Crippen LogP contribution is -2.38. The van der Waals surface area contributed by atoms with Crippen LogP contribution in [0.5, 0.6) is 0 Å². The van der Waals surface area contributed by atoms with Crippen LogP contribution in [0.2, 0.25) is 0 Å². The van der Waals surface area contributed by atoms with Crippen molar-refractivity contribution in [2.75, 3.05) is 11.4 Å². The van der Waals surface area contributed by atoms with Crippen molar-refractivity contribution in [3.8, 4) is 0 Å². The molecule has 0 aliphatic rings. The molecule has 1 heterocycles. The van der Waals surface area contributed by atoms with Crippen LogP contribution in [-0.4, -0.2) is 34.3 Å².